The first-order chi connectivity index (χ1) is 6.58. The summed E-state index contributed by atoms with van der Waals surface area (Å²) in [6.45, 7) is 0. The van der Waals surface area contributed by atoms with E-state index < -0.39 is 0 Å². The van der Waals surface area contributed by atoms with Gasteiger partial charge in [0.1, 0.15) is 0 Å². The van der Waals surface area contributed by atoms with Crippen LogP contribution in [-0.4, -0.2) is 30.6 Å². The Morgan fingerprint density at radius 1 is 1.36 bits per heavy atom. The van der Waals surface area contributed by atoms with Gasteiger partial charge in [-0.25, -0.2) is 11.1 Å². The van der Waals surface area contributed by atoms with Gasteiger partial charge in [0.2, 0.25) is 0 Å². The lowest BCUT2D eigenvalue weighted by Gasteiger charge is -2.32. The maximum absolute atomic E-state index is 7.19. The molecule has 1 aliphatic carbocycles. The van der Waals surface area contributed by atoms with Crippen molar-refractivity contribution in [2.75, 3.05) is 12.5 Å². The molecule has 14 heavy (non-hydrogen) atoms. The van der Waals surface area contributed by atoms with Gasteiger partial charge in [0, 0.05) is 12.1 Å². The Balaban J connectivity index is 2.32. The molecule has 1 rings (SSSR count). The van der Waals surface area contributed by atoms with Crippen LogP contribution in [0.4, 0.5) is 0 Å². The van der Waals surface area contributed by atoms with Crippen molar-refractivity contribution in [2.24, 2.45) is 5.73 Å². The monoisotopic (exact) mass is 218 g/mol. The summed E-state index contributed by atoms with van der Waals surface area (Å²) in [5, 5.41) is 10.2. The molecule has 84 valence electrons. The number of hydrogen-bond acceptors (Lipinski definition) is 2. The second-order valence-corrected chi connectivity index (χ2v) is 6.19. The molecule has 2 atom stereocenters. The van der Waals surface area contributed by atoms with Gasteiger partial charge in [0.15, 0.2) is 5.96 Å². The second kappa shape index (κ2) is 5.46. The van der Waals surface area contributed by atoms with Crippen LogP contribution in [0.25, 0.3) is 0 Å². The minimum atomic E-state index is -0.0254. The molecule has 4 nitrogen and oxygen atoms in total. The molecule has 1 fully saturated rings. The van der Waals surface area contributed by atoms with Crippen molar-refractivity contribution in [3.8, 4) is 0 Å². The van der Waals surface area contributed by atoms with Crippen LogP contribution in [0, 0.1) is 5.41 Å². The summed E-state index contributed by atoms with van der Waals surface area (Å²) < 4.78 is 3.60. The molecular weight excluding hydrogens is 196 g/mol. The first-order valence-electron chi connectivity index (χ1n) is 5.12. The van der Waals surface area contributed by atoms with Crippen molar-refractivity contribution in [2.45, 2.75) is 37.8 Å². The number of thiol groups is 1. The Morgan fingerprint density at radius 2 is 2.00 bits per heavy atom. The predicted octanol–water partition coefficient (Wildman–Crippen LogP) is 0.546. The van der Waals surface area contributed by atoms with Crippen LogP contribution >= 0.6 is 11.1 Å². The molecule has 1 saturated carbocycles. The number of nitrogens with one attached hydrogen (secondary N) is 3. The summed E-state index contributed by atoms with van der Waals surface area (Å²) in [5.74, 6) is 0.103. The smallest absolute Gasteiger partial charge is 0.185 e. The highest BCUT2D eigenvalue weighted by Crippen LogP contribution is 2.22. The molecule has 1 aliphatic rings. The van der Waals surface area contributed by atoms with Crippen molar-refractivity contribution < 1.29 is 0 Å². The molecule has 0 heterocycles. The first-order valence-corrected chi connectivity index (χ1v) is 7.35. The fourth-order valence-electron chi connectivity index (χ4n) is 2.02. The zero-order valence-corrected chi connectivity index (χ0v) is 9.90. The lowest BCUT2D eigenvalue weighted by Crippen LogP contribution is -2.45. The Labute approximate surface area is 89.0 Å². The molecule has 5 N–H and O–H groups in total. The second-order valence-electron chi connectivity index (χ2n) is 4.14. The van der Waals surface area contributed by atoms with Crippen molar-refractivity contribution in [3.05, 3.63) is 0 Å². The van der Waals surface area contributed by atoms with E-state index in [0.717, 1.165) is 12.8 Å². The molecule has 0 aromatic rings. The molecule has 0 bridgehead atoms. The van der Waals surface area contributed by atoms with Crippen molar-refractivity contribution in [3.63, 3.8) is 0 Å². The minimum Gasteiger partial charge on any atom is -0.370 e. The van der Waals surface area contributed by atoms with Crippen LogP contribution < -0.4 is 15.8 Å². The van der Waals surface area contributed by atoms with E-state index in [1.54, 1.807) is 0 Å². The van der Waals surface area contributed by atoms with E-state index in [2.05, 4.69) is 22.6 Å². The van der Waals surface area contributed by atoms with E-state index in [-0.39, 0.29) is 17.0 Å². The maximum atomic E-state index is 7.19. The minimum absolute atomic E-state index is 0.0254. The van der Waals surface area contributed by atoms with Crippen molar-refractivity contribution >= 4 is 17.0 Å². The number of hydrogen-bond donors (Lipinski definition) is 5. The summed E-state index contributed by atoms with van der Waals surface area (Å²) in [5.41, 5.74) is 5.33. The van der Waals surface area contributed by atoms with Crippen molar-refractivity contribution in [1.82, 2.24) is 10.0 Å². The van der Waals surface area contributed by atoms with Crippen molar-refractivity contribution in [1.29, 1.82) is 5.41 Å². The van der Waals surface area contributed by atoms with E-state index in [1.807, 2.05) is 0 Å². The Hall–Kier alpha value is -0.420. The van der Waals surface area contributed by atoms with Gasteiger partial charge in [0.25, 0.3) is 0 Å². The van der Waals surface area contributed by atoms with E-state index in [4.69, 9.17) is 11.1 Å². The van der Waals surface area contributed by atoms with E-state index in [9.17, 15) is 0 Å². The van der Waals surface area contributed by atoms with Gasteiger partial charge in [-0.1, -0.05) is 0 Å². The SMILES string of the molecule is C[SH](C)NC1CCCC(NC(=N)N)C1. The van der Waals surface area contributed by atoms with E-state index >= 15 is 0 Å². The Kier molecular flexibility index (Phi) is 4.54. The average Bonchev–Trinajstić information content (AvgIpc) is 2.01. The lowest BCUT2D eigenvalue weighted by molar-refractivity contribution is 0.356. The molecule has 2 unspecified atom stereocenters. The van der Waals surface area contributed by atoms with Crippen LogP contribution in [0.1, 0.15) is 25.7 Å². The molecule has 0 aromatic carbocycles. The zero-order chi connectivity index (χ0) is 10.6. The number of nitrogens with two attached hydrogens (primary N) is 1. The molecule has 0 radical (unpaired) electrons. The van der Waals surface area contributed by atoms with Gasteiger partial charge in [-0.05, 0) is 38.2 Å². The quantitative estimate of drug-likeness (QED) is 0.273. The van der Waals surface area contributed by atoms with Crippen LogP contribution in [0.2, 0.25) is 0 Å². The molecule has 5 heteroatoms. The van der Waals surface area contributed by atoms with Gasteiger partial charge in [-0.3, -0.25) is 10.1 Å². The standard InChI is InChI=1S/C9H22N4S/c1-14(2)13-8-5-3-4-7(6-8)12-9(10)11/h7-8,13-14H,3-6H2,1-2H3,(H4,10,11,12). The van der Waals surface area contributed by atoms with Crippen LogP contribution in [-0.2, 0) is 0 Å². The molecule has 0 spiro atoms. The summed E-state index contributed by atoms with van der Waals surface area (Å²) in [6, 6.07) is 1.01. The van der Waals surface area contributed by atoms with Gasteiger partial charge in [-0.2, -0.15) is 0 Å². The van der Waals surface area contributed by atoms with Crippen LogP contribution in [0.5, 0.6) is 0 Å². The molecule has 0 aliphatic heterocycles. The van der Waals surface area contributed by atoms with E-state index in [1.165, 1.54) is 12.8 Å². The van der Waals surface area contributed by atoms with Gasteiger partial charge >= 0.3 is 0 Å². The highest BCUT2D eigenvalue weighted by atomic mass is 32.2. The third kappa shape index (κ3) is 4.19. The maximum Gasteiger partial charge on any atom is 0.185 e. The lowest BCUT2D eigenvalue weighted by atomic mass is 9.92. The topological polar surface area (TPSA) is 73.9 Å². The van der Waals surface area contributed by atoms with Gasteiger partial charge < -0.3 is 11.1 Å². The Bertz CT molecular complexity index is 195. The summed E-state index contributed by atoms with van der Waals surface area (Å²) in [7, 11) is 0. The third-order valence-electron chi connectivity index (χ3n) is 2.47. The fraction of sp³-hybridized carbons (Fsp3) is 0.889. The highest BCUT2D eigenvalue weighted by molar-refractivity contribution is 8.14. The van der Waals surface area contributed by atoms with Crippen LogP contribution in [0.3, 0.4) is 0 Å². The predicted molar refractivity (Wildman–Crippen MR) is 65.1 cm³/mol. The average molecular weight is 218 g/mol. The third-order valence-corrected chi connectivity index (χ3v) is 3.36. The fourth-order valence-corrected chi connectivity index (χ4v) is 2.99. The largest absolute Gasteiger partial charge is 0.370 e. The molecule has 0 amide bonds. The summed E-state index contributed by atoms with van der Waals surface area (Å²) >= 11 is -0.0254. The summed E-state index contributed by atoms with van der Waals surface area (Å²) in [4.78, 5) is 0. The molecule has 0 saturated heterocycles. The number of rotatable bonds is 3. The van der Waals surface area contributed by atoms with Crippen LogP contribution in [0.15, 0.2) is 0 Å². The summed E-state index contributed by atoms with van der Waals surface area (Å²) in [6.07, 6.45) is 9.19. The molecular formula is C9H22N4S. The van der Waals surface area contributed by atoms with E-state index in [0.29, 0.717) is 12.1 Å². The highest BCUT2D eigenvalue weighted by Gasteiger charge is 2.21. The normalized spacial score (nSPS) is 28.3. The number of guanidine groups is 1. The van der Waals surface area contributed by atoms with Gasteiger partial charge in [-0.15, -0.1) is 0 Å². The first kappa shape index (κ1) is 11.7. The molecule has 0 aromatic heterocycles. The Morgan fingerprint density at radius 3 is 2.57 bits per heavy atom. The van der Waals surface area contributed by atoms with Gasteiger partial charge in [0.05, 0.1) is 0 Å². The zero-order valence-electron chi connectivity index (χ0n) is 9.01.